The molecule has 0 N–H and O–H groups in total. The van der Waals surface area contributed by atoms with Crippen LogP contribution in [-0.4, -0.2) is 0 Å². The van der Waals surface area contributed by atoms with Crippen LogP contribution in [0.25, 0.3) is 108 Å². The van der Waals surface area contributed by atoms with Crippen molar-refractivity contribution in [3.8, 4) is 33.4 Å². The van der Waals surface area contributed by atoms with Gasteiger partial charge in [-0.25, -0.2) is 0 Å². The lowest BCUT2D eigenvalue weighted by atomic mass is 9.83. The van der Waals surface area contributed by atoms with Gasteiger partial charge >= 0.3 is 0 Å². The quantitative estimate of drug-likeness (QED) is 0.140. The van der Waals surface area contributed by atoms with Crippen molar-refractivity contribution >= 4 is 85.8 Å². The van der Waals surface area contributed by atoms with E-state index in [9.17, 15) is 0 Å². The van der Waals surface area contributed by atoms with Crippen molar-refractivity contribution in [3.05, 3.63) is 158 Å². The summed E-state index contributed by atoms with van der Waals surface area (Å²) >= 11 is 1.90. The fraction of sp³-hybridized carbons (Fsp3) is 0. The van der Waals surface area contributed by atoms with Gasteiger partial charge < -0.3 is 4.42 Å². The summed E-state index contributed by atoms with van der Waals surface area (Å²) in [6, 6.07) is 57.7. The molecule has 0 aliphatic heterocycles. The first-order valence-electron chi connectivity index (χ1n) is 16.4. The molecule has 0 atom stereocenters. The van der Waals surface area contributed by atoms with Crippen molar-refractivity contribution in [3.63, 3.8) is 0 Å². The number of hydrogen-bond acceptors (Lipinski definition) is 2. The third kappa shape index (κ3) is 3.55. The van der Waals surface area contributed by atoms with Crippen LogP contribution in [0.15, 0.2) is 162 Å². The summed E-state index contributed by atoms with van der Waals surface area (Å²) in [6.07, 6.45) is 0. The van der Waals surface area contributed by atoms with Gasteiger partial charge in [-0.2, -0.15) is 0 Å². The monoisotopic (exact) mass is 626 g/mol. The summed E-state index contributed by atoms with van der Waals surface area (Å²) in [4.78, 5) is 0. The Morgan fingerprint density at radius 1 is 0.375 bits per heavy atom. The van der Waals surface area contributed by atoms with E-state index in [1.165, 1.54) is 74.7 Å². The van der Waals surface area contributed by atoms with E-state index in [0.717, 1.165) is 33.1 Å². The van der Waals surface area contributed by atoms with Crippen LogP contribution < -0.4 is 0 Å². The SMILES string of the molecule is c1ccc2c(c1)oc1c(-c3ccc(-c4c5ccccc5c(-c5cc6cccc7sc8cccc5c8c67)c5ccccc45)cc3)cccc12. The smallest absolute Gasteiger partial charge is 0.143 e. The van der Waals surface area contributed by atoms with Gasteiger partial charge in [0.25, 0.3) is 0 Å². The molecule has 0 spiro atoms. The minimum atomic E-state index is 0.922. The topological polar surface area (TPSA) is 13.1 Å². The number of furan rings is 1. The van der Waals surface area contributed by atoms with E-state index in [2.05, 4.69) is 146 Å². The Morgan fingerprint density at radius 3 is 1.69 bits per heavy atom. The number of para-hydroxylation sites is 2. The lowest BCUT2D eigenvalue weighted by molar-refractivity contribution is 0.670. The molecule has 11 rings (SSSR count). The molecule has 2 heterocycles. The molecule has 9 aromatic carbocycles. The zero-order valence-corrected chi connectivity index (χ0v) is 26.6. The van der Waals surface area contributed by atoms with Gasteiger partial charge in [-0.3, -0.25) is 0 Å². The van der Waals surface area contributed by atoms with Crippen LogP contribution in [0.1, 0.15) is 0 Å². The largest absolute Gasteiger partial charge is 0.455 e. The zero-order valence-electron chi connectivity index (χ0n) is 25.8. The van der Waals surface area contributed by atoms with Crippen LogP contribution in [0.4, 0.5) is 0 Å². The second kappa shape index (κ2) is 9.78. The average Bonchev–Trinajstić information content (AvgIpc) is 3.73. The Balaban J connectivity index is 1.16. The molecule has 11 aromatic rings. The molecule has 0 aliphatic carbocycles. The highest BCUT2D eigenvalue weighted by Gasteiger charge is 2.21. The van der Waals surface area contributed by atoms with Crippen molar-refractivity contribution in [2.75, 3.05) is 0 Å². The summed E-state index contributed by atoms with van der Waals surface area (Å²) in [5.74, 6) is 0. The first-order valence-corrected chi connectivity index (χ1v) is 17.2. The van der Waals surface area contributed by atoms with Crippen molar-refractivity contribution < 1.29 is 4.42 Å². The molecule has 0 unspecified atom stereocenters. The van der Waals surface area contributed by atoms with Crippen LogP contribution >= 0.6 is 11.3 Å². The van der Waals surface area contributed by atoms with Crippen molar-refractivity contribution in [2.45, 2.75) is 0 Å². The van der Waals surface area contributed by atoms with E-state index in [4.69, 9.17) is 4.42 Å². The van der Waals surface area contributed by atoms with E-state index >= 15 is 0 Å². The highest BCUT2D eigenvalue weighted by atomic mass is 32.1. The predicted octanol–water partition coefficient (Wildman–Crippen LogP) is 13.9. The summed E-state index contributed by atoms with van der Waals surface area (Å²) in [5.41, 5.74) is 9.20. The van der Waals surface area contributed by atoms with Crippen LogP contribution in [0.5, 0.6) is 0 Å². The number of benzene rings is 9. The van der Waals surface area contributed by atoms with Gasteiger partial charge in [-0.1, -0.05) is 133 Å². The zero-order chi connectivity index (χ0) is 31.3. The van der Waals surface area contributed by atoms with E-state index in [1.807, 2.05) is 23.5 Å². The maximum atomic E-state index is 6.39. The standard InChI is InChI=1S/C46H26OS/c1-3-14-34-32(12-1)42(28-24-22-27(23-25-28)30-16-8-18-37-31-11-5-6-19-39(31)47-46(30)37)33-13-2-4-15-35(33)44(34)38-26-29-10-7-20-40-43(29)45-36(38)17-9-21-41(45)48-40/h1-26H. The molecular weight excluding hydrogens is 601 g/mol. The molecule has 48 heavy (non-hydrogen) atoms. The van der Waals surface area contributed by atoms with Gasteiger partial charge in [0.05, 0.1) is 0 Å². The molecule has 2 aromatic heterocycles. The third-order valence-corrected chi connectivity index (χ3v) is 11.4. The molecule has 0 saturated carbocycles. The van der Waals surface area contributed by atoms with Crippen LogP contribution in [-0.2, 0) is 0 Å². The average molecular weight is 627 g/mol. The molecule has 0 fully saturated rings. The Bertz CT molecular complexity index is 2990. The summed E-state index contributed by atoms with van der Waals surface area (Å²) < 4.78 is 9.10. The lowest BCUT2D eigenvalue weighted by Crippen LogP contribution is -1.92. The lowest BCUT2D eigenvalue weighted by Gasteiger charge is -2.19. The summed E-state index contributed by atoms with van der Waals surface area (Å²) in [7, 11) is 0. The van der Waals surface area contributed by atoms with E-state index in [-0.39, 0.29) is 0 Å². The second-order valence-electron chi connectivity index (χ2n) is 12.8. The Labute approximate surface area is 280 Å². The maximum Gasteiger partial charge on any atom is 0.143 e. The van der Waals surface area contributed by atoms with Crippen molar-refractivity contribution in [1.29, 1.82) is 0 Å². The minimum absolute atomic E-state index is 0.922. The molecular formula is C46H26OS. The molecule has 0 radical (unpaired) electrons. The van der Waals surface area contributed by atoms with Crippen LogP contribution in [0.3, 0.4) is 0 Å². The van der Waals surface area contributed by atoms with E-state index < -0.39 is 0 Å². The fourth-order valence-electron chi connectivity index (χ4n) is 8.20. The fourth-order valence-corrected chi connectivity index (χ4v) is 9.36. The molecule has 2 heteroatoms. The normalized spacial score (nSPS) is 12.2. The minimum Gasteiger partial charge on any atom is -0.455 e. The number of thiophene rings is 1. The summed E-state index contributed by atoms with van der Waals surface area (Å²) in [6.45, 7) is 0. The Morgan fingerprint density at radius 2 is 0.938 bits per heavy atom. The van der Waals surface area contributed by atoms with Gasteiger partial charge in [0.1, 0.15) is 11.2 Å². The highest BCUT2D eigenvalue weighted by Crippen LogP contribution is 2.49. The Kier molecular flexibility index (Phi) is 5.32. The molecule has 0 amide bonds. The maximum absolute atomic E-state index is 6.39. The second-order valence-corrected chi connectivity index (χ2v) is 13.8. The van der Waals surface area contributed by atoms with Gasteiger partial charge in [0, 0.05) is 36.5 Å². The van der Waals surface area contributed by atoms with Crippen LogP contribution in [0.2, 0.25) is 0 Å². The molecule has 1 nitrogen and oxygen atoms in total. The van der Waals surface area contributed by atoms with Crippen molar-refractivity contribution in [1.82, 2.24) is 0 Å². The Hall–Kier alpha value is -5.96. The van der Waals surface area contributed by atoms with Crippen molar-refractivity contribution in [2.24, 2.45) is 0 Å². The van der Waals surface area contributed by atoms with Gasteiger partial charge in [0.2, 0.25) is 0 Å². The van der Waals surface area contributed by atoms with E-state index in [0.29, 0.717) is 0 Å². The first-order chi connectivity index (χ1) is 23.8. The molecule has 0 aliphatic rings. The van der Waals surface area contributed by atoms with Gasteiger partial charge in [0.15, 0.2) is 0 Å². The molecule has 0 bridgehead atoms. The third-order valence-electron chi connectivity index (χ3n) is 10.2. The number of fused-ring (bicyclic) bond motifs is 5. The highest BCUT2D eigenvalue weighted by molar-refractivity contribution is 7.26. The first kappa shape index (κ1) is 26.1. The molecule has 0 saturated heterocycles. The van der Waals surface area contributed by atoms with Gasteiger partial charge in [-0.15, -0.1) is 11.3 Å². The van der Waals surface area contributed by atoms with Gasteiger partial charge in [-0.05, 0) is 84.4 Å². The van der Waals surface area contributed by atoms with Crippen LogP contribution in [0, 0.1) is 0 Å². The van der Waals surface area contributed by atoms with E-state index in [1.54, 1.807) is 0 Å². The summed E-state index contributed by atoms with van der Waals surface area (Å²) in [5, 5.41) is 12.8. The predicted molar refractivity (Wildman–Crippen MR) is 207 cm³/mol. The molecule has 222 valence electrons. The number of hydrogen-bond donors (Lipinski definition) is 0. The number of rotatable bonds is 3.